The van der Waals surface area contributed by atoms with Gasteiger partial charge in [0.15, 0.2) is 0 Å². The second-order valence-corrected chi connectivity index (χ2v) is 6.35. The number of carbonyl (C=O) groups excluding carboxylic acids is 1. The summed E-state index contributed by atoms with van der Waals surface area (Å²) >= 11 is 0. The first-order valence-corrected chi connectivity index (χ1v) is 6.85. The molecule has 0 heterocycles. The third kappa shape index (κ3) is 3.59. The van der Waals surface area contributed by atoms with Crippen molar-refractivity contribution in [3.63, 3.8) is 0 Å². The Hall–Kier alpha value is -0.380. The van der Waals surface area contributed by atoms with Crippen LogP contribution in [-0.2, 0) is 20.3 Å². The van der Waals surface area contributed by atoms with Gasteiger partial charge in [-0.25, -0.2) is 0 Å². The number of methoxy groups -OCH3 is 1. The molecule has 1 aliphatic rings. The Morgan fingerprint density at radius 2 is 2.13 bits per heavy atom. The van der Waals surface area contributed by atoms with Gasteiger partial charge >= 0.3 is 5.97 Å². The molecule has 88 valence electrons. The number of ether oxygens (including phenoxy) is 1. The van der Waals surface area contributed by atoms with Crippen LogP contribution in [0.4, 0.5) is 0 Å². The smallest absolute Gasteiger partial charge is 0.306 e. The molecule has 0 amide bonds. The Bertz CT molecular complexity index is 259. The zero-order valence-corrected chi connectivity index (χ0v) is 10.6. The average molecular weight is 232 g/mol. The molecule has 0 aliphatic heterocycles. The van der Waals surface area contributed by atoms with Gasteiger partial charge in [0.25, 0.3) is 0 Å². The maximum absolute atomic E-state index is 11.9. The van der Waals surface area contributed by atoms with Gasteiger partial charge in [0.2, 0.25) is 0 Å². The van der Waals surface area contributed by atoms with Gasteiger partial charge < -0.3 is 4.74 Å². The summed E-state index contributed by atoms with van der Waals surface area (Å²) in [5.41, 5.74) is 0.00137. The van der Waals surface area contributed by atoms with Gasteiger partial charge in [0.1, 0.15) is 0 Å². The molecule has 0 bridgehead atoms. The monoisotopic (exact) mass is 232 g/mol. The van der Waals surface area contributed by atoms with Crippen LogP contribution in [0.5, 0.6) is 0 Å². The minimum Gasteiger partial charge on any atom is -0.469 e. The predicted octanol–water partition coefficient (Wildman–Crippen LogP) is 1.88. The summed E-state index contributed by atoms with van der Waals surface area (Å²) in [6.45, 7) is 4.05. The standard InChI is InChI=1S/C11H20O3S/c1-4-9(2)15(13)8-11(5-6-11)7-10(12)14-3/h9H,4-8H2,1-3H3. The Morgan fingerprint density at radius 1 is 1.53 bits per heavy atom. The third-order valence-electron chi connectivity index (χ3n) is 3.18. The first-order chi connectivity index (χ1) is 7.03. The van der Waals surface area contributed by atoms with Crippen molar-refractivity contribution in [1.82, 2.24) is 0 Å². The quantitative estimate of drug-likeness (QED) is 0.657. The molecule has 4 heteroatoms. The summed E-state index contributed by atoms with van der Waals surface area (Å²) in [7, 11) is 0.609. The maximum Gasteiger partial charge on any atom is 0.306 e. The van der Waals surface area contributed by atoms with Crippen LogP contribution in [0.3, 0.4) is 0 Å². The van der Waals surface area contributed by atoms with Crippen molar-refractivity contribution >= 4 is 16.8 Å². The highest BCUT2D eigenvalue weighted by molar-refractivity contribution is 7.85. The van der Waals surface area contributed by atoms with E-state index in [1.807, 2.05) is 13.8 Å². The maximum atomic E-state index is 11.9. The lowest BCUT2D eigenvalue weighted by molar-refractivity contribution is -0.141. The van der Waals surface area contributed by atoms with E-state index in [4.69, 9.17) is 0 Å². The average Bonchev–Trinajstić information content (AvgIpc) is 2.96. The highest BCUT2D eigenvalue weighted by Gasteiger charge is 2.46. The van der Waals surface area contributed by atoms with Gasteiger partial charge in [-0.3, -0.25) is 9.00 Å². The van der Waals surface area contributed by atoms with Gasteiger partial charge in [0, 0.05) is 21.8 Å². The molecule has 1 fully saturated rings. The first-order valence-electron chi connectivity index (χ1n) is 5.47. The van der Waals surface area contributed by atoms with Crippen LogP contribution in [-0.4, -0.2) is 28.3 Å². The Kier molecular flexibility index (Phi) is 4.32. The first kappa shape index (κ1) is 12.7. The van der Waals surface area contributed by atoms with Gasteiger partial charge in [-0.1, -0.05) is 13.8 Å². The fourth-order valence-electron chi connectivity index (χ4n) is 1.56. The van der Waals surface area contributed by atoms with E-state index in [0.717, 1.165) is 19.3 Å². The van der Waals surface area contributed by atoms with Crippen LogP contribution in [0.1, 0.15) is 39.5 Å². The predicted molar refractivity (Wildman–Crippen MR) is 61.1 cm³/mol. The second kappa shape index (κ2) is 5.10. The highest BCUT2D eigenvalue weighted by atomic mass is 32.2. The van der Waals surface area contributed by atoms with Crippen LogP contribution < -0.4 is 0 Å². The molecule has 1 aliphatic carbocycles. The van der Waals surface area contributed by atoms with E-state index in [9.17, 15) is 9.00 Å². The van der Waals surface area contributed by atoms with E-state index < -0.39 is 10.8 Å². The van der Waals surface area contributed by atoms with Crippen LogP contribution >= 0.6 is 0 Å². The molecule has 0 aromatic rings. The van der Waals surface area contributed by atoms with Crippen molar-refractivity contribution in [2.45, 2.75) is 44.8 Å². The Morgan fingerprint density at radius 3 is 2.53 bits per heavy atom. The minimum atomic E-state index is -0.798. The van der Waals surface area contributed by atoms with Crippen molar-refractivity contribution in [2.24, 2.45) is 5.41 Å². The normalized spacial score (nSPS) is 21.8. The van der Waals surface area contributed by atoms with Crippen molar-refractivity contribution < 1.29 is 13.7 Å². The van der Waals surface area contributed by atoms with Crippen molar-refractivity contribution in [2.75, 3.05) is 12.9 Å². The van der Waals surface area contributed by atoms with Crippen molar-refractivity contribution in [3.05, 3.63) is 0 Å². The van der Waals surface area contributed by atoms with Crippen LogP contribution in [0.25, 0.3) is 0 Å². The largest absolute Gasteiger partial charge is 0.469 e. The lowest BCUT2D eigenvalue weighted by Gasteiger charge is -2.16. The molecule has 1 saturated carbocycles. The van der Waals surface area contributed by atoms with E-state index in [2.05, 4.69) is 4.74 Å². The molecule has 1 rings (SSSR count). The zero-order valence-electron chi connectivity index (χ0n) is 9.75. The summed E-state index contributed by atoms with van der Waals surface area (Å²) < 4.78 is 16.5. The summed E-state index contributed by atoms with van der Waals surface area (Å²) in [4.78, 5) is 11.2. The number of rotatable bonds is 6. The zero-order chi connectivity index (χ0) is 11.5. The molecule has 2 unspecified atom stereocenters. The van der Waals surface area contributed by atoms with Crippen molar-refractivity contribution in [1.29, 1.82) is 0 Å². The van der Waals surface area contributed by atoms with Crippen LogP contribution in [0.2, 0.25) is 0 Å². The molecule has 0 saturated heterocycles. The number of hydrogen-bond acceptors (Lipinski definition) is 3. The van der Waals surface area contributed by atoms with Gasteiger partial charge in [-0.15, -0.1) is 0 Å². The van der Waals surface area contributed by atoms with E-state index in [1.54, 1.807) is 0 Å². The highest BCUT2D eigenvalue weighted by Crippen LogP contribution is 2.49. The van der Waals surface area contributed by atoms with Crippen LogP contribution in [0, 0.1) is 5.41 Å². The topological polar surface area (TPSA) is 43.4 Å². The molecule has 0 radical (unpaired) electrons. The number of hydrogen-bond donors (Lipinski definition) is 0. The molecule has 15 heavy (non-hydrogen) atoms. The summed E-state index contributed by atoms with van der Waals surface area (Å²) in [6.07, 6.45) is 3.40. The SMILES string of the molecule is CCC(C)S(=O)CC1(CC(=O)OC)CC1. The van der Waals surface area contributed by atoms with Crippen molar-refractivity contribution in [3.8, 4) is 0 Å². The summed E-state index contributed by atoms with van der Waals surface area (Å²) in [6, 6.07) is 0. The molecular formula is C11H20O3S. The van der Waals surface area contributed by atoms with Gasteiger partial charge in [-0.2, -0.15) is 0 Å². The lowest BCUT2D eigenvalue weighted by Crippen LogP contribution is -2.22. The third-order valence-corrected chi connectivity index (χ3v) is 5.30. The van der Waals surface area contributed by atoms with E-state index >= 15 is 0 Å². The van der Waals surface area contributed by atoms with Crippen LogP contribution in [0.15, 0.2) is 0 Å². The molecule has 0 spiro atoms. The molecule has 2 atom stereocenters. The van der Waals surface area contributed by atoms with Gasteiger partial charge in [0.05, 0.1) is 13.5 Å². The van der Waals surface area contributed by atoms with E-state index in [-0.39, 0.29) is 16.6 Å². The molecule has 0 N–H and O–H groups in total. The Labute approximate surface area is 94.0 Å². The lowest BCUT2D eigenvalue weighted by atomic mass is 10.1. The molecule has 3 nitrogen and oxygen atoms in total. The molecule has 0 aromatic heterocycles. The van der Waals surface area contributed by atoms with E-state index in [1.165, 1.54) is 7.11 Å². The number of carbonyl (C=O) groups is 1. The molecule has 0 aromatic carbocycles. The fourth-order valence-corrected chi connectivity index (χ4v) is 3.21. The molecular weight excluding hydrogens is 212 g/mol. The number of esters is 1. The fraction of sp³-hybridized carbons (Fsp3) is 0.909. The second-order valence-electron chi connectivity index (χ2n) is 4.50. The summed E-state index contributed by atoms with van der Waals surface area (Å²) in [5, 5.41) is 0.236. The Balaban J connectivity index is 2.43. The van der Waals surface area contributed by atoms with Gasteiger partial charge in [-0.05, 0) is 24.7 Å². The summed E-state index contributed by atoms with van der Waals surface area (Å²) in [5.74, 6) is 0.491. The minimum absolute atomic E-state index is 0.00137. The van der Waals surface area contributed by atoms with E-state index in [0.29, 0.717) is 12.2 Å².